The largest absolute Gasteiger partial charge is 0.341 e. The zero-order valence-corrected chi connectivity index (χ0v) is 14.6. The minimum absolute atomic E-state index is 0.197. The molecule has 1 aliphatic rings. The minimum atomic E-state index is 0.197. The predicted octanol–water partition coefficient (Wildman–Crippen LogP) is 4.02. The molecule has 3 heterocycles. The van der Waals surface area contributed by atoms with Crippen molar-refractivity contribution < 1.29 is 4.79 Å². The molecule has 24 heavy (non-hydrogen) atoms. The quantitative estimate of drug-likeness (QED) is 0.723. The van der Waals surface area contributed by atoms with Crippen LogP contribution in [0.3, 0.4) is 0 Å². The van der Waals surface area contributed by atoms with Gasteiger partial charge in [-0.1, -0.05) is 25.1 Å². The molecule has 2 aromatic heterocycles. The first-order valence-corrected chi connectivity index (χ1v) is 9.37. The van der Waals surface area contributed by atoms with Gasteiger partial charge < -0.3 is 9.47 Å². The van der Waals surface area contributed by atoms with Gasteiger partial charge in [-0.05, 0) is 42.3 Å². The van der Waals surface area contributed by atoms with Gasteiger partial charge in [-0.25, -0.2) is 4.98 Å². The van der Waals surface area contributed by atoms with Crippen LogP contribution < -0.4 is 0 Å². The Morgan fingerprint density at radius 1 is 1.21 bits per heavy atom. The molecule has 5 heteroatoms. The van der Waals surface area contributed by atoms with E-state index in [0.717, 1.165) is 53.6 Å². The lowest BCUT2D eigenvalue weighted by Crippen LogP contribution is -2.39. The summed E-state index contributed by atoms with van der Waals surface area (Å²) in [4.78, 5) is 20.7. The Balaban J connectivity index is 1.67. The van der Waals surface area contributed by atoms with Gasteiger partial charge in [-0.15, -0.1) is 11.3 Å². The molecular formula is C19H21N3OS. The zero-order chi connectivity index (χ0) is 16.5. The highest BCUT2D eigenvalue weighted by molar-refractivity contribution is 7.13. The molecule has 4 rings (SSSR count). The van der Waals surface area contributed by atoms with Crippen molar-refractivity contribution in [2.75, 3.05) is 13.1 Å². The Bertz CT molecular complexity index is 845. The summed E-state index contributed by atoms with van der Waals surface area (Å²) in [6.07, 6.45) is 2.21. The number of carbonyl (C=O) groups is 1. The van der Waals surface area contributed by atoms with Crippen molar-refractivity contribution in [3.63, 3.8) is 0 Å². The first kappa shape index (κ1) is 15.4. The molecule has 0 aliphatic carbocycles. The molecule has 0 unspecified atom stereocenters. The summed E-state index contributed by atoms with van der Waals surface area (Å²) in [7, 11) is 0. The summed E-state index contributed by atoms with van der Waals surface area (Å²) in [6, 6.07) is 12.1. The predicted molar refractivity (Wildman–Crippen MR) is 98.0 cm³/mol. The number of nitrogens with zero attached hydrogens (tertiary/aromatic N) is 3. The van der Waals surface area contributed by atoms with E-state index in [1.807, 2.05) is 40.6 Å². The summed E-state index contributed by atoms with van der Waals surface area (Å²) in [5, 5.41) is 2.05. The van der Waals surface area contributed by atoms with Crippen molar-refractivity contribution in [2.45, 2.75) is 26.3 Å². The number of rotatable bonds is 3. The Kier molecular flexibility index (Phi) is 4.10. The number of thiophene rings is 1. The molecule has 0 saturated carbocycles. The Morgan fingerprint density at radius 3 is 2.75 bits per heavy atom. The van der Waals surface area contributed by atoms with Gasteiger partial charge in [0.15, 0.2) is 5.82 Å². The molecule has 3 aromatic rings. The summed E-state index contributed by atoms with van der Waals surface area (Å²) >= 11 is 1.66. The molecular weight excluding hydrogens is 318 g/mol. The topological polar surface area (TPSA) is 38.1 Å². The fraction of sp³-hybridized carbons (Fsp3) is 0.368. The number of hydrogen-bond donors (Lipinski definition) is 0. The van der Waals surface area contributed by atoms with E-state index in [1.165, 1.54) is 0 Å². The number of piperidine rings is 1. The fourth-order valence-electron chi connectivity index (χ4n) is 3.32. The number of para-hydroxylation sites is 2. The maximum Gasteiger partial charge on any atom is 0.242 e. The number of hydrogen-bond acceptors (Lipinski definition) is 3. The maximum atomic E-state index is 12.8. The second-order valence-electron chi connectivity index (χ2n) is 6.55. The van der Waals surface area contributed by atoms with Crippen molar-refractivity contribution in [1.29, 1.82) is 0 Å². The third-order valence-electron chi connectivity index (χ3n) is 4.83. The van der Waals surface area contributed by atoms with Crippen LogP contribution in [0.25, 0.3) is 21.7 Å². The van der Waals surface area contributed by atoms with Gasteiger partial charge >= 0.3 is 0 Å². The van der Waals surface area contributed by atoms with Gasteiger partial charge in [-0.2, -0.15) is 0 Å². The van der Waals surface area contributed by atoms with Crippen molar-refractivity contribution >= 4 is 28.3 Å². The van der Waals surface area contributed by atoms with E-state index in [4.69, 9.17) is 4.98 Å². The lowest BCUT2D eigenvalue weighted by molar-refractivity contribution is -0.133. The minimum Gasteiger partial charge on any atom is -0.341 e. The molecule has 0 bridgehead atoms. The number of imidazole rings is 1. The number of likely N-dealkylation sites (tertiary alicyclic amines) is 1. The van der Waals surface area contributed by atoms with Crippen LogP contribution in [0.5, 0.6) is 0 Å². The average Bonchev–Trinajstić information content (AvgIpc) is 3.23. The number of aromatic nitrogens is 2. The molecule has 1 aliphatic heterocycles. The van der Waals surface area contributed by atoms with Crippen molar-refractivity contribution in [2.24, 2.45) is 5.92 Å². The standard InChI is InChI=1S/C19H21N3OS/c1-14-8-10-21(11-9-14)18(23)13-22-16-6-3-2-5-15(16)20-19(22)17-7-4-12-24-17/h2-7,12,14H,8-11,13H2,1H3. The van der Waals surface area contributed by atoms with E-state index in [2.05, 4.69) is 17.6 Å². The normalized spacial score (nSPS) is 16.0. The van der Waals surface area contributed by atoms with Gasteiger partial charge in [0.2, 0.25) is 5.91 Å². The maximum absolute atomic E-state index is 12.8. The third-order valence-corrected chi connectivity index (χ3v) is 5.69. The second kappa shape index (κ2) is 6.40. The van der Waals surface area contributed by atoms with Gasteiger partial charge in [-0.3, -0.25) is 4.79 Å². The summed E-state index contributed by atoms with van der Waals surface area (Å²) < 4.78 is 2.07. The Hall–Kier alpha value is -2.14. The smallest absolute Gasteiger partial charge is 0.242 e. The Labute approximate surface area is 145 Å². The van der Waals surface area contributed by atoms with Crippen LogP contribution in [0.2, 0.25) is 0 Å². The molecule has 124 valence electrons. The van der Waals surface area contributed by atoms with Crippen LogP contribution in [0, 0.1) is 5.92 Å². The number of fused-ring (bicyclic) bond motifs is 1. The average molecular weight is 339 g/mol. The monoisotopic (exact) mass is 339 g/mol. The van der Waals surface area contributed by atoms with E-state index in [1.54, 1.807) is 11.3 Å². The molecule has 1 aromatic carbocycles. The van der Waals surface area contributed by atoms with Gasteiger partial charge in [0.05, 0.1) is 15.9 Å². The van der Waals surface area contributed by atoms with E-state index >= 15 is 0 Å². The first-order valence-electron chi connectivity index (χ1n) is 8.49. The van der Waals surface area contributed by atoms with Crippen LogP contribution in [-0.2, 0) is 11.3 Å². The molecule has 0 spiro atoms. The number of carbonyl (C=O) groups excluding carboxylic acids is 1. The van der Waals surface area contributed by atoms with E-state index in [-0.39, 0.29) is 5.91 Å². The summed E-state index contributed by atoms with van der Waals surface area (Å²) in [5.74, 6) is 1.82. The van der Waals surface area contributed by atoms with Crippen LogP contribution in [-0.4, -0.2) is 33.4 Å². The lowest BCUT2D eigenvalue weighted by atomic mass is 9.99. The summed E-state index contributed by atoms with van der Waals surface area (Å²) in [5.41, 5.74) is 1.97. The van der Waals surface area contributed by atoms with Crippen molar-refractivity contribution in [3.05, 3.63) is 41.8 Å². The highest BCUT2D eigenvalue weighted by atomic mass is 32.1. The van der Waals surface area contributed by atoms with Crippen LogP contribution in [0.1, 0.15) is 19.8 Å². The number of benzene rings is 1. The van der Waals surface area contributed by atoms with Crippen molar-refractivity contribution in [1.82, 2.24) is 14.5 Å². The SMILES string of the molecule is CC1CCN(C(=O)Cn2c(-c3cccs3)nc3ccccc32)CC1. The highest BCUT2D eigenvalue weighted by Crippen LogP contribution is 2.28. The third kappa shape index (κ3) is 2.84. The van der Waals surface area contributed by atoms with E-state index < -0.39 is 0 Å². The second-order valence-corrected chi connectivity index (χ2v) is 7.50. The summed E-state index contributed by atoms with van der Waals surface area (Å²) in [6.45, 7) is 4.38. The molecule has 1 saturated heterocycles. The molecule has 1 amide bonds. The number of amides is 1. The lowest BCUT2D eigenvalue weighted by Gasteiger charge is -2.30. The van der Waals surface area contributed by atoms with Crippen LogP contribution in [0.4, 0.5) is 0 Å². The van der Waals surface area contributed by atoms with Gasteiger partial charge in [0.1, 0.15) is 6.54 Å². The van der Waals surface area contributed by atoms with Gasteiger partial charge in [0.25, 0.3) is 0 Å². The molecule has 0 N–H and O–H groups in total. The molecule has 1 fully saturated rings. The van der Waals surface area contributed by atoms with Crippen LogP contribution >= 0.6 is 11.3 Å². The van der Waals surface area contributed by atoms with Gasteiger partial charge in [0, 0.05) is 13.1 Å². The molecule has 0 atom stereocenters. The van der Waals surface area contributed by atoms with Crippen LogP contribution in [0.15, 0.2) is 41.8 Å². The zero-order valence-electron chi connectivity index (χ0n) is 13.8. The molecule has 4 nitrogen and oxygen atoms in total. The highest BCUT2D eigenvalue weighted by Gasteiger charge is 2.22. The molecule has 0 radical (unpaired) electrons. The van der Waals surface area contributed by atoms with Crippen molar-refractivity contribution in [3.8, 4) is 10.7 Å². The first-order chi connectivity index (χ1) is 11.7. The fourth-order valence-corrected chi connectivity index (χ4v) is 4.04. The van der Waals surface area contributed by atoms with E-state index in [9.17, 15) is 4.79 Å². The van der Waals surface area contributed by atoms with E-state index in [0.29, 0.717) is 6.54 Å². The Morgan fingerprint density at radius 2 is 2.00 bits per heavy atom.